The van der Waals surface area contributed by atoms with Gasteiger partial charge in [-0.25, -0.2) is 0 Å². The van der Waals surface area contributed by atoms with Crippen LogP contribution >= 0.6 is 0 Å². The van der Waals surface area contributed by atoms with E-state index in [9.17, 15) is 15.2 Å². The Morgan fingerprint density at radius 2 is 2.20 bits per heavy atom. The van der Waals surface area contributed by atoms with Crippen LogP contribution in [0.25, 0.3) is 0 Å². The van der Waals surface area contributed by atoms with Gasteiger partial charge in [-0.3, -0.25) is 10.1 Å². The summed E-state index contributed by atoms with van der Waals surface area (Å²) in [6, 6.07) is 6.19. The lowest BCUT2D eigenvalue weighted by Crippen LogP contribution is -2.29. The molecule has 0 bridgehead atoms. The molecule has 15 heavy (non-hydrogen) atoms. The number of rotatable bonds is 4. The van der Waals surface area contributed by atoms with Crippen molar-refractivity contribution in [1.82, 2.24) is 0 Å². The highest BCUT2D eigenvalue weighted by Gasteiger charge is 2.12. The number of anilines is 1. The SMILES string of the molecule is CC(C)(O)CNc1cccc([N+](=O)[O-])c1. The lowest BCUT2D eigenvalue weighted by molar-refractivity contribution is -0.384. The third-order valence-electron chi connectivity index (χ3n) is 1.78. The van der Waals surface area contributed by atoms with Gasteiger partial charge in [-0.05, 0) is 19.9 Å². The van der Waals surface area contributed by atoms with Crippen molar-refractivity contribution in [2.24, 2.45) is 0 Å². The minimum Gasteiger partial charge on any atom is -0.389 e. The molecule has 1 rings (SSSR count). The molecule has 0 aliphatic rings. The lowest BCUT2D eigenvalue weighted by Gasteiger charge is -2.18. The zero-order chi connectivity index (χ0) is 11.5. The van der Waals surface area contributed by atoms with Crippen molar-refractivity contribution in [3.63, 3.8) is 0 Å². The first-order valence-electron chi connectivity index (χ1n) is 4.59. The van der Waals surface area contributed by atoms with Crippen molar-refractivity contribution in [3.8, 4) is 0 Å². The molecule has 0 unspecified atom stereocenters. The molecule has 5 nitrogen and oxygen atoms in total. The number of nitrogens with zero attached hydrogens (tertiary/aromatic N) is 1. The van der Waals surface area contributed by atoms with Crippen molar-refractivity contribution in [2.45, 2.75) is 19.4 Å². The minimum atomic E-state index is -0.843. The second-order valence-electron chi connectivity index (χ2n) is 3.97. The highest BCUT2D eigenvalue weighted by Crippen LogP contribution is 2.17. The Morgan fingerprint density at radius 3 is 2.73 bits per heavy atom. The van der Waals surface area contributed by atoms with E-state index in [1.54, 1.807) is 26.0 Å². The predicted octanol–water partition coefficient (Wildman–Crippen LogP) is 1.78. The molecular formula is C10H14N2O3. The van der Waals surface area contributed by atoms with Crippen molar-refractivity contribution in [1.29, 1.82) is 0 Å². The van der Waals surface area contributed by atoms with Crippen LogP contribution in [0.4, 0.5) is 11.4 Å². The summed E-state index contributed by atoms with van der Waals surface area (Å²) in [6.45, 7) is 3.67. The van der Waals surface area contributed by atoms with Crippen molar-refractivity contribution < 1.29 is 10.0 Å². The maximum absolute atomic E-state index is 10.5. The predicted molar refractivity (Wildman–Crippen MR) is 57.9 cm³/mol. The number of nitrogens with one attached hydrogen (secondary N) is 1. The molecular weight excluding hydrogens is 196 g/mol. The molecule has 0 radical (unpaired) electrons. The normalized spacial score (nSPS) is 11.1. The Balaban J connectivity index is 2.70. The Bertz CT molecular complexity index is 358. The molecule has 1 aromatic carbocycles. The fourth-order valence-electron chi connectivity index (χ4n) is 1.05. The van der Waals surface area contributed by atoms with Gasteiger partial charge in [0.2, 0.25) is 0 Å². The van der Waals surface area contributed by atoms with Crippen LogP contribution in [-0.2, 0) is 0 Å². The molecule has 0 atom stereocenters. The van der Waals surface area contributed by atoms with E-state index in [0.717, 1.165) is 0 Å². The van der Waals surface area contributed by atoms with Crippen LogP contribution in [0.15, 0.2) is 24.3 Å². The quantitative estimate of drug-likeness (QED) is 0.586. The average Bonchev–Trinajstić information content (AvgIpc) is 2.14. The number of benzene rings is 1. The molecule has 2 N–H and O–H groups in total. The fourth-order valence-corrected chi connectivity index (χ4v) is 1.05. The molecule has 0 amide bonds. The molecule has 0 saturated heterocycles. The first-order valence-corrected chi connectivity index (χ1v) is 4.59. The molecule has 0 spiro atoms. The summed E-state index contributed by atoms with van der Waals surface area (Å²) in [5.74, 6) is 0. The van der Waals surface area contributed by atoms with Gasteiger partial charge in [-0.15, -0.1) is 0 Å². The first kappa shape index (κ1) is 11.5. The lowest BCUT2D eigenvalue weighted by atomic mass is 10.1. The highest BCUT2D eigenvalue weighted by molar-refractivity contribution is 5.51. The number of hydrogen-bond donors (Lipinski definition) is 2. The minimum absolute atomic E-state index is 0.0377. The van der Waals surface area contributed by atoms with E-state index in [4.69, 9.17) is 0 Å². The standard InChI is InChI=1S/C10H14N2O3/c1-10(2,13)7-11-8-4-3-5-9(6-8)12(14)15/h3-6,11,13H,7H2,1-2H3. The van der Waals surface area contributed by atoms with Gasteiger partial charge >= 0.3 is 0 Å². The third kappa shape index (κ3) is 3.95. The van der Waals surface area contributed by atoms with Crippen LogP contribution in [0.3, 0.4) is 0 Å². The molecule has 0 fully saturated rings. The van der Waals surface area contributed by atoms with Gasteiger partial charge in [-0.1, -0.05) is 6.07 Å². The number of hydrogen-bond acceptors (Lipinski definition) is 4. The molecule has 1 aromatic rings. The van der Waals surface area contributed by atoms with Crippen molar-refractivity contribution in [2.75, 3.05) is 11.9 Å². The van der Waals surface area contributed by atoms with Crippen LogP contribution in [-0.4, -0.2) is 22.2 Å². The van der Waals surface area contributed by atoms with Gasteiger partial charge in [0.25, 0.3) is 5.69 Å². The summed E-state index contributed by atoms with van der Waals surface area (Å²) in [5.41, 5.74) is -0.174. The summed E-state index contributed by atoms with van der Waals surface area (Å²) in [4.78, 5) is 10.0. The summed E-state index contributed by atoms with van der Waals surface area (Å²) in [5, 5.41) is 22.9. The maximum Gasteiger partial charge on any atom is 0.271 e. The number of nitro groups is 1. The van der Waals surface area contributed by atoms with E-state index >= 15 is 0 Å². The Hall–Kier alpha value is -1.62. The zero-order valence-electron chi connectivity index (χ0n) is 8.73. The Kier molecular flexibility index (Phi) is 3.26. The van der Waals surface area contributed by atoms with E-state index in [2.05, 4.69) is 5.32 Å². The van der Waals surface area contributed by atoms with Gasteiger partial charge in [0, 0.05) is 24.4 Å². The summed E-state index contributed by atoms with van der Waals surface area (Å²) in [6.07, 6.45) is 0. The van der Waals surface area contributed by atoms with Gasteiger partial charge in [0.15, 0.2) is 0 Å². The van der Waals surface area contributed by atoms with Gasteiger partial charge in [0.05, 0.1) is 10.5 Å². The van der Waals surface area contributed by atoms with Crippen LogP contribution in [0, 0.1) is 10.1 Å². The molecule has 5 heteroatoms. The summed E-state index contributed by atoms with van der Waals surface area (Å²) >= 11 is 0. The van der Waals surface area contributed by atoms with E-state index in [1.165, 1.54) is 12.1 Å². The molecule has 0 aliphatic heterocycles. The first-order chi connectivity index (χ1) is 6.88. The van der Waals surface area contributed by atoms with Crippen LogP contribution < -0.4 is 5.32 Å². The second kappa shape index (κ2) is 4.27. The molecule has 0 heterocycles. The Labute approximate surface area is 87.9 Å². The summed E-state index contributed by atoms with van der Waals surface area (Å²) < 4.78 is 0. The zero-order valence-corrected chi connectivity index (χ0v) is 8.73. The molecule has 0 aliphatic carbocycles. The number of nitro benzene ring substituents is 1. The fraction of sp³-hybridized carbons (Fsp3) is 0.400. The smallest absolute Gasteiger partial charge is 0.271 e. The van der Waals surface area contributed by atoms with Crippen LogP contribution in [0.2, 0.25) is 0 Å². The molecule has 0 saturated carbocycles. The highest BCUT2D eigenvalue weighted by atomic mass is 16.6. The van der Waals surface area contributed by atoms with E-state index in [1.807, 2.05) is 0 Å². The monoisotopic (exact) mass is 210 g/mol. The van der Waals surface area contributed by atoms with E-state index < -0.39 is 10.5 Å². The molecule has 82 valence electrons. The maximum atomic E-state index is 10.5. The van der Waals surface area contributed by atoms with Gasteiger partial charge in [0.1, 0.15) is 0 Å². The van der Waals surface area contributed by atoms with Crippen molar-refractivity contribution >= 4 is 11.4 Å². The largest absolute Gasteiger partial charge is 0.389 e. The van der Waals surface area contributed by atoms with Gasteiger partial charge in [-0.2, -0.15) is 0 Å². The van der Waals surface area contributed by atoms with E-state index in [0.29, 0.717) is 12.2 Å². The van der Waals surface area contributed by atoms with Crippen LogP contribution in [0.5, 0.6) is 0 Å². The topological polar surface area (TPSA) is 75.4 Å². The average molecular weight is 210 g/mol. The number of non-ortho nitro benzene ring substituents is 1. The molecule has 0 aromatic heterocycles. The number of aliphatic hydroxyl groups is 1. The van der Waals surface area contributed by atoms with E-state index in [-0.39, 0.29) is 5.69 Å². The summed E-state index contributed by atoms with van der Waals surface area (Å²) in [7, 11) is 0. The van der Waals surface area contributed by atoms with Crippen molar-refractivity contribution in [3.05, 3.63) is 34.4 Å². The third-order valence-corrected chi connectivity index (χ3v) is 1.78. The van der Waals surface area contributed by atoms with Crippen LogP contribution in [0.1, 0.15) is 13.8 Å². The Morgan fingerprint density at radius 1 is 1.53 bits per heavy atom. The van der Waals surface area contributed by atoms with Gasteiger partial charge < -0.3 is 10.4 Å². The second-order valence-corrected chi connectivity index (χ2v) is 3.97.